The molecule has 1 saturated heterocycles. The largest absolute Gasteiger partial charge is 0.496 e. The molecule has 0 bridgehead atoms. The highest BCUT2D eigenvalue weighted by molar-refractivity contribution is 6.02. The van der Waals surface area contributed by atoms with Gasteiger partial charge in [-0.15, -0.1) is 0 Å². The van der Waals surface area contributed by atoms with Crippen LogP contribution in [0, 0.1) is 29.6 Å². The highest BCUT2D eigenvalue weighted by Crippen LogP contribution is 2.50. The van der Waals surface area contributed by atoms with Crippen LogP contribution in [0.1, 0.15) is 68.8 Å². The minimum absolute atomic E-state index is 0.0459. The van der Waals surface area contributed by atoms with Crippen LogP contribution in [0.15, 0.2) is 24.3 Å². The Bertz CT molecular complexity index is 1280. The second kappa shape index (κ2) is 9.86. The summed E-state index contributed by atoms with van der Waals surface area (Å²) in [5.74, 6) is 1.44. The van der Waals surface area contributed by atoms with Gasteiger partial charge in [-0.1, -0.05) is 19.4 Å². The minimum Gasteiger partial charge on any atom is -0.496 e. The Labute approximate surface area is 222 Å². The van der Waals surface area contributed by atoms with Gasteiger partial charge in [-0.3, -0.25) is 19.2 Å². The maximum Gasteiger partial charge on any atom is 0.271 e. The number of H-pyrrole nitrogens is 1. The van der Waals surface area contributed by atoms with Crippen LogP contribution in [0.25, 0.3) is 10.9 Å². The number of carbonyl (C=O) groups excluding carboxylic acids is 4. The van der Waals surface area contributed by atoms with Gasteiger partial charge in [-0.2, -0.15) is 0 Å². The molecule has 2 aromatic rings. The van der Waals surface area contributed by atoms with Crippen molar-refractivity contribution in [1.29, 1.82) is 0 Å². The van der Waals surface area contributed by atoms with Crippen LogP contribution in [0.2, 0.25) is 0 Å². The van der Waals surface area contributed by atoms with Gasteiger partial charge >= 0.3 is 0 Å². The van der Waals surface area contributed by atoms with Crippen molar-refractivity contribution in [2.45, 2.75) is 70.4 Å². The zero-order valence-corrected chi connectivity index (χ0v) is 22.2. The molecule has 8 heteroatoms. The summed E-state index contributed by atoms with van der Waals surface area (Å²) >= 11 is 0. The number of hydrogen-bond acceptors (Lipinski definition) is 5. The van der Waals surface area contributed by atoms with E-state index in [1.54, 1.807) is 25.0 Å². The molecule has 3 saturated carbocycles. The average Bonchev–Trinajstić information content (AvgIpc) is 3.66. The molecule has 6 rings (SSSR count). The number of methoxy groups -OCH3 is 1. The van der Waals surface area contributed by atoms with Gasteiger partial charge in [0, 0.05) is 36.2 Å². The quantitative estimate of drug-likeness (QED) is 0.550. The fraction of sp³-hybridized carbons (Fsp3) is 0.600. The van der Waals surface area contributed by atoms with Crippen LogP contribution >= 0.6 is 0 Å². The third kappa shape index (κ3) is 4.12. The lowest BCUT2D eigenvalue weighted by atomic mass is 9.71. The predicted octanol–water partition coefficient (Wildman–Crippen LogP) is 3.89. The number of aromatic nitrogens is 1. The van der Waals surface area contributed by atoms with Crippen molar-refractivity contribution in [1.82, 2.24) is 15.2 Å². The van der Waals surface area contributed by atoms with E-state index in [9.17, 15) is 19.2 Å². The number of fused-ring (bicyclic) bond motifs is 3. The van der Waals surface area contributed by atoms with E-state index in [2.05, 4.69) is 10.3 Å². The number of amides is 2. The monoisotopic (exact) mass is 519 g/mol. The van der Waals surface area contributed by atoms with Gasteiger partial charge in [0.25, 0.3) is 5.91 Å². The van der Waals surface area contributed by atoms with Crippen molar-refractivity contribution < 1.29 is 23.9 Å². The van der Waals surface area contributed by atoms with Gasteiger partial charge < -0.3 is 19.9 Å². The molecule has 2 amide bonds. The molecule has 202 valence electrons. The molecule has 4 aliphatic rings. The fourth-order valence-corrected chi connectivity index (χ4v) is 7.79. The molecule has 0 spiro atoms. The lowest BCUT2D eigenvalue weighted by molar-refractivity contribution is -0.132. The van der Waals surface area contributed by atoms with E-state index in [0.29, 0.717) is 49.1 Å². The number of nitrogens with zero attached hydrogens (tertiary/aromatic N) is 1. The van der Waals surface area contributed by atoms with Crippen LogP contribution in [0.4, 0.5) is 0 Å². The summed E-state index contributed by atoms with van der Waals surface area (Å²) in [5, 5.41) is 3.87. The molecule has 1 aliphatic heterocycles. The van der Waals surface area contributed by atoms with E-state index >= 15 is 0 Å². The molecule has 38 heavy (non-hydrogen) atoms. The zero-order chi connectivity index (χ0) is 26.6. The maximum atomic E-state index is 13.9. The van der Waals surface area contributed by atoms with E-state index in [4.69, 9.17) is 4.74 Å². The average molecular weight is 520 g/mol. The highest BCUT2D eigenvalue weighted by Gasteiger charge is 2.51. The number of ketones is 2. The summed E-state index contributed by atoms with van der Waals surface area (Å²) in [6.07, 6.45) is 6.35. The van der Waals surface area contributed by atoms with Crippen LogP contribution in [0.3, 0.4) is 0 Å². The second-order valence-electron chi connectivity index (χ2n) is 11.8. The van der Waals surface area contributed by atoms with E-state index in [-0.39, 0.29) is 41.1 Å². The molecule has 1 aromatic carbocycles. The predicted molar refractivity (Wildman–Crippen MR) is 142 cm³/mol. The molecule has 0 unspecified atom stereocenters. The van der Waals surface area contributed by atoms with Crippen LogP contribution in [-0.2, 0) is 14.4 Å². The Morgan fingerprint density at radius 3 is 2.68 bits per heavy atom. The second-order valence-corrected chi connectivity index (χ2v) is 11.8. The summed E-state index contributed by atoms with van der Waals surface area (Å²) in [6, 6.07) is 6.11. The van der Waals surface area contributed by atoms with Crippen molar-refractivity contribution in [2.24, 2.45) is 29.6 Å². The summed E-state index contributed by atoms with van der Waals surface area (Å²) < 4.78 is 5.46. The maximum absolute atomic E-state index is 13.9. The minimum atomic E-state index is -0.685. The van der Waals surface area contributed by atoms with E-state index < -0.39 is 12.1 Å². The van der Waals surface area contributed by atoms with Crippen molar-refractivity contribution >= 4 is 34.3 Å². The van der Waals surface area contributed by atoms with Crippen molar-refractivity contribution in [2.75, 3.05) is 13.7 Å². The van der Waals surface area contributed by atoms with Crippen molar-refractivity contribution in [3.8, 4) is 5.75 Å². The third-order valence-electron chi connectivity index (χ3n) is 9.91. The number of nitrogens with one attached hydrogen (secondary N) is 2. The first-order valence-corrected chi connectivity index (χ1v) is 14.2. The Hall–Kier alpha value is -3.16. The summed E-state index contributed by atoms with van der Waals surface area (Å²) in [5.41, 5.74) is 1.23. The molecule has 8 nitrogen and oxygen atoms in total. The van der Waals surface area contributed by atoms with Crippen LogP contribution in [0.5, 0.6) is 5.75 Å². The Morgan fingerprint density at radius 2 is 1.97 bits per heavy atom. The SMILES string of the molecule is CCC(=O)[C@H](C[C@H]1C(=O)C[C@@H]2CC[C@@H]21)NC(=O)[C@@H]1[C@H]2CCC[C@H]2CN1C(=O)c1cc2c(OC)cccc2[nH]1. The normalized spacial score (nSPS) is 30.6. The highest BCUT2D eigenvalue weighted by atomic mass is 16.5. The topological polar surface area (TPSA) is 109 Å². The number of aromatic amines is 1. The van der Waals surface area contributed by atoms with Crippen LogP contribution in [-0.4, -0.2) is 59.0 Å². The first kappa shape index (κ1) is 25.1. The number of likely N-dealkylation sites (tertiary alicyclic amines) is 1. The standard InChI is InChI=1S/C30H37N3O5/c1-3-25(34)23(13-20-18-11-10-16(18)12-26(20)35)32-29(36)28-19-7-4-6-17(19)15-33(28)30(37)24-14-21-22(31-24)8-5-9-27(21)38-2/h5,8-9,14,16-20,23,28,31H,3-4,6-7,10-13,15H2,1-2H3,(H,32,36)/t16-,17-,18-,19-,20+,23-,28-/m0/s1. The lowest BCUT2D eigenvalue weighted by Crippen LogP contribution is -2.53. The molecule has 0 radical (unpaired) electrons. The van der Waals surface area contributed by atoms with Gasteiger partial charge in [-0.05, 0) is 74.0 Å². The van der Waals surface area contributed by atoms with Gasteiger partial charge in [0.2, 0.25) is 5.91 Å². The molecular formula is C30H37N3O5. The Balaban J connectivity index is 1.24. The van der Waals surface area contributed by atoms with Crippen LogP contribution < -0.4 is 10.1 Å². The molecular weight excluding hydrogens is 482 g/mol. The molecule has 2 heterocycles. The number of rotatable bonds is 8. The molecule has 7 atom stereocenters. The smallest absolute Gasteiger partial charge is 0.271 e. The number of benzene rings is 1. The lowest BCUT2D eigenvalue weighted by Gasteiger charge is -2.35. The summed E-state index contributed by atoms with van der Waals surface area (Å²) in [7, 11) is 1.60. The number of carbonyl (C=O) groups is 4. The first-order valence-electron chi connectivity index (χ1n) is 14.2. The van der Waals surface area contributed by atoms with Gasteiger partial charge in [0.15, 0.2) is 5.78 Å². The van der Waals surface area contributed by atoms with Crippen molar-refractivity contribution in [3.63, 3.8) is 0 Å². The fourth-order valence-electron chi connectivity index (χ4n) is 7.79. The van der Waals surface area contributed by atoms with E-state index in [0.717, 1.165) is 43.0 Å². The van der Waals surface area contributed by atoms with Gasteiger partial charge in [-0.25, -0.2) is 0 Å². The molecule has 1 aromatic heterocycles. The molecule has 2 N–H and O–H groups in total. The number of ether oxygens (including phenoxy) is 1. The first-order chi connectivity index (χ1) is 18.4. The molecule has 4 fully saturated rings. The zero-order valence-electron chi connectivity index (χ0n) is 22.2. The van der Waals surface area contributed by atoms with Gasteiger partial charge in [0.05, 0.1) is 13.2 Å². The van der Waals surface area contributed by atoms with Gasteiger partial charge in [0.1, 0.15) is 23.3 Å². The number of Topliss-reactive ketones (excluding diaryl/α,β-unsaturated/α-hetero) is 2. The summed E-state index contributed by atoms with van der Waals surface area (Å²) in [4.78, 5) is 58.3. The Morgan fingerprint density at radius 1 is 1.13 bits per heavy atom. The van der Waals surface area contributed by atoms with Crippen molar-refractivity contribution in [3.05, 3.63) is 30.0 Å². The Kier molecular flexibility index (Phi) is 6.52. The summed E-state index contributed by atoms with van der Waals surface area (Å²) in [6.45, 7) is 2.33. The third-order valence-corrected chi connectivity index (χ3v) is 9.91. The molecule has 3 aliphatic carbocycles. The van der Waals surface area contributed by atoms with E-state index in [1.807, 2.05) is 18.2 Å². The number of hydrogen-bond donors (Lipinski definition) is 2. The van der Waals surface area contributed by atoms with E-state index in [1.165, 1.54) is 0 Å².